The molecule has 0 heterocycles. The van der Waals surface area contributed by atoms with Gasteiger partial charge in [0.2, 0.25) is 5.91 Å². The number of anilines is 1. The van der Waals surface area contributed by atoms with E-state index in [9.17, 15) is 9.59 Å². The van der Waals surface area contributed by atoms with E-state index < -0.39 is 5.97 Å². The predicted molar refractivity (Wildman–Crippen MR) is 102 cm³/mol. The van der Waals surface area contributed by atoms with E-state index in [1.165, 1.54) is 0 Å². The highest BCUT2D eigenvalue weighted by atomic mass is 35.5. The molecule has 2 aromatic rings. The standard InChI is InChI=1S/C20H22ClNO4/c1-2-11-26-18-9-5-14(6-10-20(24)25)12-17(18)22-19(23)13-15-3-7-16(21)8-4-15/h3-5,7-9,12H,2,6,10-11,13H2,1H3,(H,22,23)(H,24,25). The smallest absolute Gasteiger partial charge is 0.303 e. The quantitative estimate of drug-likeness (QED) is 0.684. The minimum Gasteiger partial charge on any atom is -0.491 e. The van der Waals surface area contributed by atoms with Crippen LogP contribution in [0.4, 0.5) is 5.69 Å². The van der Waals surface area contributed by atoms with Gasteiger partial charge in [0.05, 0.1) is 18.7 Å². The Kier molecular flexibility index (Phi) is 7.48. The van der Waals surface area contributed by atoms with Gasteiger partial charge in [-0.1, -0.05) is 36.7 Å². The minimum atomic E-state index is -0.857. The van der Waals surface area contributed by atoms with Crippen molar-refractivity contribution in [2.75, 3.05) is 11.9 Å². The molecule has 1 amide bonds. The van der Waals surface area contributed by atoms with Crippen LogP contribution in [0.25, 0.3) is 0 Å². The molecule has 138 valence electrons. The van der Waals surface area contributed by atoms with Crippen LogP contribution in [-0.2, 0) is 22.4 Å². The van der Waals surface area contributed by atoms with Crippen molar-refractivity contribution in [2.24, 2.45) is 0 Å². The lowest BCUT2D eigenvalue weighted by Crippen LogP contribution is -2.15. The Labute approximate surface area is 157 Å². The fraction of sp³-hybridized carbons (Fsp3) is 0.300. The maximum absolute atomic E-state index is 12.4. The number of hydrogen-bond acceptors (Lipinski definition) is 3. The van der Waals surface area contributed by atoms with Crippen LogP contribution in [0.1, 0.15) is 30.9 Å². The molecule has 0 aliphatic carbocycles. The lowest BCUT2D eigenvalue weighted by molar-refractivity contribution is -0.137. The maximum Gasteiger partial charge on any atom is 0.303 e. The largest absolute Gasteiger partial charge is 0.491 e. The molecule has 0 radical (unpaired) electrons. The fourth-order valence-corrected chi connectivity index (χ4v) is 2.53. The van der Waals surface area contributed by atoms with Crippen molar-refractivity contribution in [1.82, 2.24) is 0 Å². The van der Waals surface area contributed by atoms with E-state index in [1.54, 1.807) is 36.4 Å². The summed E-state index contributed by atoms with van der Waals surface area (Å²) < 4.78 is 5.69. The molecule has 0 atom stereocenters. The lowest BCUT2D eigenvalue weighted by Gasteiger charge is -2.14. The molecule has 0 saturated carbocycles. The van der Waals surface area contributed by atoms with Crippen molar-refractivity contribution in [1.29, 1.82) is 0 Å². The van der Waals surface area contributed by atoms with Crippen LogP contribution in [0.3, 0.4) is 0 Å². The van der Waals surface area contributed by atoms with E-state index in [0.29, 0.717) is 29.5 Å². The first-order valence-corrected chi connectivity index (χ1v) is 8.87. The number of aryl methyl sites for hydroxylation is 1. The van der Waals surface area contributed by atoms with Crippen LogP contribution in [0.2, 0.25) is 5.02 Å². The first kappa shape index (κ1) is 19.8. The zero-order chi connectivity index (χ0) is 18.9. The Morgan fingerprint density at radius 1 is 1.12 bits per heavy atom. The van der Waals surface area contributed by atoms with Gasteiger partial charge >= 0.3 is 5.97 Å². The second-order valence-corrected chi connectivity index (χ2v) is 6.36. The molecule has 2 N–H and O–H groups in total. The van der Waals surface area contributed by atoms with Gasteiger partial charge in [-0.05, 0) is 48.2 Å². The van der Waals surface area contributed by atoms with Crippen LogP contribution in [0.15, 0.2) is 42.5 Å². The Bertz CT molecular complexity index is 759. The number of carbonyl (C=O) groups excluding carboxylic acids is 1. The summed E-state index contributed by atoms with van der Waals surface area (Å²) in [6.07, 6.45) is 1.49. The molecule has 0 aliphatic heterocycles. The Morgan fingerprint density at radius 3 is 2.46 bits per heavy atom. The summed E-state index contributed by atoms with van der Waals surface area (Å²) >= 11 is 5.86. The summed E-state index contributed by atoms with van der Waals surface area (Å²) in [6.45, 7) is 2.54. The normalized spacial score (nSPS) is 10.4. The van der Waals surface area contributed by atoms with Crippen LogP contribution in [-0.4, -0.2) is 23.6 Å². The van der Waals surface area contributed by atoms with Gasteiger partial charge in [0.1, 0.15) is 5.75 Å². The van der Waals surface area contributed by atoms with Gasteiger partial charge in [0, 0.05) is 11.4 Å². The average Bonchev–Trinajstić information content (AvgIpc) is 2.61. The van der Waals surface area contributed by atoms with Crippen molar-refractivity contribution >= 4 is 29.2 Å². The number of nitrogens with one attached hydrogen (secondary N) is 1. The lowest BCUT2D eigenvalue weighted by atomic mass is 10.1. The summed E-state index contributed by atoms with van der Waals surface area (Å²) in [5.74, 6) is -0.455. The number of ether oxygens (including phenoxy) is 1. The summed E-state index contributed by atoms with van der Waals surface area (Å²) in [5, 5.41) is 12.3. The summed E-state index contributed by atoms with van der Waals surface area (Å²) in [7, 11) is 0. The second kappa shape index (κ2) is 9.82. The number of amides is 1. The van der Waals surface area contributed by atoms with Gasteiger partial charge in [-0.15, -0.1) is 0 Å². The van der Waals surface area contributed by atoms with E-state index in [2.05, 4.69) is 5.32 Å². The van der Waals surface area contributed by atoms with Crippen LogP contribution >= 0.6 is 11.6 Å². The van der Waals surface area contributed by atoms with E-state index in [4.69, 9.17) is 21.4 Å². The maximum atomic E-state index is 12.4. The molecule has 2 rings (SSSR count). The molecule has 6 heteroatoms. The van der Waals surface area contributed by atoms with Crippen LogP contribution < -0.4 is 10.1 Å². The SMILES string of the molecule is CCCOc1ccc(CCC(=O)O)cc1NC(=O)Cc1ccc(Cl)cc1. The third kappa shape index (κ3) is 6.41. The monoisotopic (exact) mass is 375 g/mol. The third-order valence-electron chi connectivity index (χ3n) is 3.69. The third-order valence-corrected chi connectivity index (χ3v) is 3.94. The predicted octanol–water partition coefficient (Wildman–Crippen LogP) is 4.33. The molecule has 26 heavy (non-hydrogen) atoms. The number of carbonyl (C=O) groups is 2. The summed E-state index contributed by atoms with van der Waals surface area (Å²) in [4.78, 5) is 23.1. The summed E-state index contributed by atoms with van der Waals surface area (Å²) in [5.41, 5.74) is 2.24. The highest BCUT2D eigenvalue weighted by Gasteiger charge is 2.11. The molecule has 0 fully saturated rings. The van der Waals surface area contributed by atoms with Gasteiger partial charge in [0.15, 0.2) is 0 Å². The van der Waals surface area contributed by atoms with E-state index in [1.807, 2.05) is 13.0 Å². The van der Waals surface area contributed by atoms with Crippen molar-refractivity contribution in [3.05, 3.63) is 58.6 Å². The van der Waals surface area contributed by atoms with Gasteiger partial charge in [-0.25, -0.2) is 0 Å². The van der Waals surface area contributed by atoms with Gasteiger partial charge in [-0.2, -0.15) is 0 Å². The van der Waals surface area contributed by atoms with Gasteiger partial charge in [0.25, 0.3) is 0 Å². The van der Waals surface area contributed by atoms with Crippen molar-refractivity contribution < 1.29 is 19.4 Å². The Hall–Kier alpha value is -2.53. The van der Waals surface area contributed by atoms with E-state index in [0.717, 1.165) is 17.5 Å². The molecule has 0 bridgehead atoms. The molecule has 0 saturated heterocycles. The molecule has 0 spiro atoms. The number of halogens is 1. The van der Waals surface area contributed by atoms with Gasteiger partial charge in [-0.3, -0.25) is 9.59 Å². The Morgan fingerprint density at radius 2 is 1.81 bits per heavy atom. The summed E-state index contributed by atoms with van der Waals surface area (Å²) in [6, 6.07) is 12.5. The first-order chi connectivity index (χ1) is 12.5. The van der Waals surface area contributed by atoms with Crippen LogP contribution in [0, 0.1) is 0 Å². The molecule has 5 nitrogen and oxygen atoms in total. The molecule has 2 aromatic carbocycles. The average molecular weight is 376 g/mol. The molecule has 0 unspecified atom stereocenters. The number of carboxylic acid groups (broad SMARTS) is 1. The van der Waals surface area contributed by atoms with Gasteiger partial charge < -0.3 is 15.2 Å². The highest BCUT2D eigenvalue weighted by molar-refractivity contribution is 6.30. The first-order valence-electron chi connectivity index (χ1n) is 8.49. The van der Waals surface area contributed by atoms with Crippen molar-refractivity contribution in [2.45, 2.75) is 32.6 Å². The Balaban J connectivity index is 2.11. The molecule has 0 aliphatic rings. The number of hydrogen-bond donors (Lipinski definition) is 2. The molecule has 0 aromatic heterocycles. The zero-order valence-electron chi connectivity index (χ0n) is 14.6. The number of rotatable bonds is 9. The van der Waals surface area contributed by atoms with Crippen LogP contribution in [0.5, 0.6) is 5.75 Å². The van der Waals surface area contributed by atoms with Crippen molar-refractivity contribution in [3.63, 3.8) is 0 Å². The number of benzene rings is 2. The minimum absolute atomic E-state index is 0.0350. The fourth-order valence-electron chi connectivity index (χ4n) is 2.40. The van der Waals surface area contributed by atoms with Crippen molar-refractivity contribution in [3.8, 4) is 5.75 Å². The second-order valence-electron chi connectivity index (χ2n) is 5.92. The topological polar surface area (TPSA) is 75.6 Å². The number of carboxylic acids is 1. The van der Waals surface area contributed by atoms with E-state index in [-0.39, 0.29) is 18.7 Å². The highest BCUT2D eigenvalue weighted by Crippen LogP contribution is 2.27. The van der Waals surface area contributed by atoms with E-state index >= 15 is 0 Å². The number of aliphatic carboxylic acids is 1. The zero-order valence-corrected chi connectivity index (χ0v) is 15.4. The molecular weight excluding hydrogens is 354 g/mol. The molecular formula is C20H22ClNO4.